The van der Waals surface area contributed by atoms with Crippen LogP contribution in [0.4, 0.5) is 0 Å². The van der Waals surface area contributed by atoms with Gasteiger partial charge in [0.15, 0.2) is 0 Å². The van der Waals surface area contributed by atoms with Crippen LogP contribution in [0, 0.1) is 24.2 Å². The van der Waals surface area contributed by atoms with E-state index in [1.807, 2.05) is 0 Å². The molecule has 3 N–H and O–H groups in total. The van der Waals surface area contributed by atoms with E-state index in [0.717, 1.165) is 12.8 Å². The van der Waals surface area contributed by atoms with Crippen molar-refractivity contribution in [2.45, 2.75) is 50.5 Å². The van der Waals surface area contributed by atoms with Crippen molar-refractivity contribution >= 4 is 0 Å². The monoisotopic (exact) mass is 332 g/mol. The minimum Gasteiger partial charge on any atom is -0.394 e. The minimum absolute atomic E-state index is 0.149. The Kier molecular flexibility index (Phi) is 6.39. The van der Waals surface area contributed by atoms with Gasteiger partial charge in [-0.25, -0.2) is 4.79 Å². The normalized spacial score (nSPS) is 22.6. The number of aliphatic hydroxyl groups is 2. The highest BCUT2D eigenvalue weighted by Crippen LogP contribution is 2.27. The minimum atomic E-state index is -0.871. The predicted molar refractivity (Wildman–Crippen MR) is 87.1 cm³/mol. The zero-order valence-electron chi connectivity index (χ0n) is 13.2. The Hall–Kier alpha value is -2.32. The number of ether oxygens (including phenoxy) is 1. The van der Waals surface area contributed by atoms with E-state index < -0.39 is 29.7 Å². The average Bonchev–Trinajstić information content (AvgIpc) is 2.93. The third kappa shape index (κ3) is 4.36. The van der Waals surface area contributed by atoms with Crippen LogP contribution in [-0.4, -0.2) is 38.6 Å². The topological polar surface area (TPSA) is 105 Å². The number of aromatic amines is 1. The molecule has 0 bridgehead atoms. The van der Waals surface area contributed by atoms with Crippen LogP contribution in [0.3, 0.4) is 0 Å². The van der Waals surface area contributed by atoms with Gasteiger partial charge >= 0.3 is 5.69 Å². The van der Waals surface area contributed by atoms with Gasteiger partial charge in [-0.15, -0.1) is 12.3 Å². The largest absolute Gasteiger partial charge is 0.394 e. The van der Waals surface area contributed by atoms with Crippen LogP contribution in [0.15, 0.2) is 15.8 Å². The summed E-state index contributed by atoms with van der Waals surface area (Å²) in [7, 11) is 0. The van der Waals surface area contributed by atoms with E-state index in [4.69, 9.17) is 16.3 Å². The second kappa shape index (κ2) is 8.51. The highest BCUT2D eigenvalue weighted by molar-refractivity contribution is 5.29. The number of H-pyrrole nitrogens is 1. The lowest BCUT2D eigenvalue weighted by Crippen LogP contribution is -2.33. The maximum Gasteiger partial charge on any atom is 0.330 e. The van der Waals surface area contributed by atoms with Crippen molar-refractivity contribution in [3.63, 3.8) is 0 Å². The molecule has 2 heterocycles. The summed E-state index contributed by atoms with van der Waals surface area (Å²) in [5, 5.41) is 18.9. The van der Waals surface area contributed by atoms with Gasteiger partial charge < -0.3 is 14.9 Å². The Morgan fingerprint density at radius 1 is 1.38 bits per heavy atom. The highest BCUT2D eigenvalue weighted by Gasteiger charge is 2.35. The Bertz CT molecular complexity index is 777. The Labute approximate surface area is 139 Å². The number of unbranched alkanes of at least 4 members (excludes halogenated alkanes) is 3. The fraction of sp³-hybridized carbons (Fsp3) is 0.529. The molecule has 7 nitrogen and oxygen atoms in total. The molecular weight excluding hydrogens is 312 g/mol. The summed E-state index contributed by atoms with van der Waals surface area (Å²) >= 11 is 0. The molecule has 2 rings (SSSR count). The first-order valence-electron chi connectivity index (χ1n) is 7.79. The summed E-state index contributed by atoms with van der Waals surface area (Å²) in [6, 6.07) is 0. The van der Waals surface area contributed by atoms with Gasteiger partial charge in [-0.2, -0.15) is 0 Å². The quantitative estimate of drug-likeness (QED) is 0.508. The molecule has 0 radical (unpaired) electrons. The van der Waals surface area contributed by atoms with E-state index in [0.29, 0.717) is 12.8 Å². The average molecular weight is 332 g/mol. The highest BCUT2D eigenvalue weighted by atomic mass is 16.5. The first kappa shape index (κ1) is 18.0. The molecule has 3 atom stereocenters. The van der Waals surface area contributed by atoms with Gasteiger partial charge in [-0.1, -0.05) is 11.8 Å². The molecule has 0 saturated carbocycles. The molecule has 24 heavy (non-hydrogen) atoms. The van der Waals surface area contributed by atoms with Gasteiger partial charge in [0.05, 0.1) is 12.7 Å². The van der Waals surface area contributed by atoms with Crippen molar-refractivity contribution in [3.8, 4) is 24.2 Å². The summed E-state index contributed by atoms with van der Waals surface area (Å²) in [4.78, 5) is 26.0. The molecule has 7 heteroatoms. The number of rotatable bonds is 5. The molecule has 0 aromatic carbocycles. The third-order valence-corrected chi connectivity index (χ3v) is 3.76. The van der Waals surface area contributed by atoms with Crippen molar-refractivity contribution in [1.29, 1.82) is 0 Å². The lowest BCUT2D eigenvalue weighted by atomic mass is 10.2. The summed E-state index contributed by atoms with van der Waals surface area (Å²) in [6.07, 6.45) is 7.27. The molecule has 1 aliphatic rings. The van der Waals surface area contributed by atoms with E-state index >= 15 is 0 Å². The Morgan fingerprint density at radius 3 is 2.79 bits per heavy atom. The van der Waals surface area contributed by atoms with Gasteiger partial charge in [-0.05, 0) is 12.8 Å². The van der Waals surface area contributed by atoms with E-state index in [-0.39, 0.29) is 18.6 Å². The molecule has 128 valence electrons. The number of hydrogen-bond donors (Lipinski definition) is 3. The van der Waals surface area contributed by atoms with E-state index in [9.17, 15) is 14.7 Å². The number of nitrogens with one attached hydrogen (secondary N) is 1. The fourth-order valence-corrected chi connectivity index (χ4v) is 2.44. The maximum absolute atomic E-state index is 11.9. The summed E-state index contributed by atoms with van der Waals surface area (Å²) in [5.74, 6) is 8.18. The van der Waals surface area contributed by atoms with E-state index in [1.54, 1.807) is 0 Å². The van der Waals surface area contributed by atoms with Crippen molar-refractivity contribution in [1.82, 2.24) is 9.55 Å². The molecule has 1 fully saturated rings. The molecule has 1 unspecified atom stereocenters. The smallest absolute Gasteiger partial charge is 0.330 e. The van der Waals surface area contributed by atoms with Crippen molar-refractivity contribution in [3.05, 3.63) is 32.6 Å². The number of aliphatic hydroxyl groups excluding tert-OH is 2. The standard InChI is InChI=1S/C17H20N2O5/c1-2-3-4-5-6-7-8-12-10-19(17(23)18-16(12)22)15-9-13(21)14(11-20)24-15/h1,10,13-15,20-21H,3-6,9,11H2,(H,18,22,23)/t13?,14-,15-/m0/s1. The van der Waals surface area contributed by atoms with Gasteiger partial charge in [0.2, 0.25) is 0 Å². The number of hydrogen-bond acceptors (Lipinski definition) is 5. The molecule has 1 aromatic heterocycles. The second-order valence-electron chi connectivity index (χ2n) is 5.54. The SMILES string of the molecule is C#CCCCCC#Cc1cn([C@@H]2CC(O)[C@H](CO)O2)c(=O)[nH]c1=O. The first-order chi connectivity index (χ1) is 11.6. The second-order valence-corrected chi connectivity index (χ2v) is 5.54. The van der Waals surface area contributed by atoms with Gasteiger partial charge in [0.1, 0.15) is 17.9 Å². The summed E-state index contributed by atoms with van der Waals surface area (Å²) < 4.78 is 6.61. The predicted octanol–water partition coefficient (Wildman–Crippen LogP) is -0.278. The van der Waals surface area contributed by atoms with Crippen LogP contribution in [0.2, 0.25) is 0 Å². The molecule has 0 amide bonds. The van der Waals surface area contributed by atoms with E-state index in [2.05, 4.69) is 22.7 Å². The lowest BCUT2D eigenvalue weighted by molar-refractivity contribution is -0.0459. The molecule has 1 saturated heterocycles. The summed E-state index contributed by atoms with van der Waals surface area (Å²) in [6.45, 7) is -0.347. The molecule has 0 spiro atoms. The van der Waals surface area contributed by atoms with Gasteiger partial charge in [-0.3, -0.25) is 14.3 Å². The third-order valence-electron chi connectivity index (χ3n) is 3.76. The number of terminal acetylenes is 1. The zero-order valence-corrected chi connectivity index (χ0v) is 13.2. The van der Waals surface area contributed by atoms with Crippen LogP contribution in [0.1, 0.15) is 43.9 Å². The molecular formula is C17H20N2O5. The van der Waals surface area contributed by atoms with Crippen LogP contribution in [-0.2, 0) is 4.74 Å². The van der Waals surface area contributed by atoms with Gasteiger partial charge in [0, 0.05) is 25.5 Å². The van der Waals surface area contributed by atoms with Crippen LogP contribution in [0.5, 0.6) is 0 Å². The summed E-state index contributed by atoms with van der Waals surface area (Å²) in [5.41, 5.74) is -1.06. The van der Waals surface area contributed by atoms with Crippen LogP contribution < -0.4 is 11.2 Å². The lowest BCUT2D eigenvalue weighted by Gasteiger charge is -2.14. The van der Waals surface area contributed by atoms with Crippen molar-refractivity contribution < 1.29 is 14.9 Å². The number of nitrogens with zero attached hydrogens (tertiary/aromatic N) is 1. The molecule has 0 aliphatic carbocycles. The van der Waals surface area contributed by atoms with Crippen molar-refractivity contribution in [2.24, 2.45) is 0 Å². The Morgan fingerprint density at radius 2 is 2.12 bits per heavy atom. The van der Waals surface area contributed by atoms with Crippen molar-refractivity contribution in [2.75, 3.05) is 6.61 Å². The first-order valence-corrected chi connectivity index (χ1v) is 7.79. The maximum atomic E-state index is 11.9. The molecule has 1 aliphatic heterocycles. The Balaban J connectivity index is 2.15. The van der Waals surface area contributed by atoms with Gasteiger partial charge in [0.25, 0.3) is 5.56 Å². The molecule has 1 aromatic rings. The zero-order chi connectivity index (χ0) is 17.5. The number of aromatic nitrogens is 2. The fourth-order valence-electron chi connectivity index (χ4n) is 2.44. The van der Waals surface area contributed by atoms with Crippen LogP contribution >= 0.6 is 0 Å². The van der Waals surface area contributed by atoms with Crippen LogP contribution in [0.25, 0.3) is 0 Å². The van der Waals surface area contributed by atoms with E-state index in [1.165, 1.54) is 10.8 Å².